The fourth-order valence-corrected chi connectivity index (χ4v) is 3.13. The van der Waals surface area contributed by atoms with Crippen molar-refractivity contribution in [1.29, 1.82) is 0 Å². The van der Waals surface area contributed by atoms with Gasteiger partial charge >= 0.3 is 0 Å². The van der Waals surface area contributed by atoms with Crippen LogP contribution in [-0.4, -0.2) is 37.7 Å². The van der Waals surface area contributed by atoms with E-state index in [9.17, 15) is 4.79 Å². The van der Waals surface area contributed by atoms with Gasteiger partial charge in [0.05, 0.1) is 19.1 Å². The van der Waals surface area contributed by atoms with Crippen molar-refractivity contribution in [1.82, 2.24) is 10.6 Å². The number of nitrogens with one attached hydrogen (secondary N) is 2. The van der Waals surface area contributed by atoms with E-state index in [0.717, 1.165) is 19.4 Å². The summed E-state index contributed by atoms with van der Waals surface area (Å²) in [7, 11) is 0. The van der Waals surface area contributed by atoms with E-state index in [1.54, 1.807) is 0 Å². The second kappa shape index (κ2) is 6.23. The average Bonchev–Trinajstić information content (AvgIpc) is 2.81. The van der Waals surface area contributed by atoms with Gasteiger partial charge in [-0.2, -0.15) is 0 Å². The molecule has 0 aromatic rings. The van der Waals surface area contributed by atoms with Gasteiger partial charge < -0.3 is 15.4 Å². The smallest absolute Gasteiger partial charge is 0.227 e. The third-order valence-electron chi connectivity index (χ3n) is 4.57. The van der Waals surface area contributed by atoms with Crippen LogP contribution in [0, 0.1) is 11.3 Å². The summed E-state index contributed by atoms with van der Waals surface area (Å²) in [6.45, 7) is 8.80. The Labute approximate surface area is 116 Å². The number of hydrogen-bond acceptors (Lipinski definition) is 3. The zero-order chi connectivity index (χ0) is 13.9. The number of carbonyl (C=O) groups is 1. The normalized spacial score (nSPS) is 31.3. The van der Waals surface area contributed by atoms with Crippen molar-refractivity contribution in [2.45, 2.75) is 58.5 Å². The Kier molecular flexibility index (Phi) is 4.85. The molecule has 2 rings (SSSR count). The van der Waals surface area contributed by atoms with Crippen LogP contribution in [-0.2, 0) is 9.53 Å². The van der Waals surface area contributed by atoms with E-state index in [1.807, 2.05) is 0 Å². The van der Waals surface area contributed by atoms with Crippen LogP contribution < -0.4 is 10.6 Å². The molecular formula is C15H28N2O2. The molecular weight excluding hydrogens is 240 g/mol. The first kappa shape index (κ1) is 14.8. The molecule has 2 fully saturated rings. The third kappa shape index (κ3) is 3.93. The monoisotopic (exact) mass is 268 g/mol. The maximum atomic E-state index is 12.3. The van der Waals surface area contributed by atoms with Gasteiger partial charge in [-0.1, -0.05) is 20.8 Å². The van der Waals surface area contributed by atoms with Gasteiger partial charge in [0.25, 0.3) is 0 Å². The minimum Gasteiger partial charge on any atom is -0.379 e. The summed E-state index contributed by atoms with van der Waals surface area (Å²) in [5, 5.41) is 6.57. The minimum atomic E-state index is -0.0186. The van der Waals surface area contributed by atoms with Gasteiger partial charge in [-0.25, -0.2) is 0 Å². The molecule has 0 radical (unpaired) electrons. The summed E-state index contributed by atoms with van der Waals surface area (Å²) in [6, 6.07) is 0.549. The Morgan fingerprint density at radius 3 is 2.58 bits per heavy atom. The first-order chi connectivity index (χ1) is 9.02. The molecule has 110 valence electrons. The molecule has 1 saturated heterocycles. The van der Waals surface area contributed by atoms with Crippen LogP contribution in [0.4, 0.5) is 0 Å². The van der Waals surface area contributed by atoms with Crippen molar-refractivity contribution in [2.75, 3.05) is 19.8 Å². The number of hydrogen-bond donors (Lipinski definition) is 2. The minimum absolute atomic E-state index is 0.0186. The van der Waals surface area contributed by atoms with Gasteiger partial charge in [-0.05, 0) is 37.6 Å². The molecule has 1 aliphatic carbocycles. The Balaban J connectivity index is 1.81. The highest BCUT2D eigenvalue weighted by molar-refractivity contribution is 5.80. The molecule has 0 aromatic heterocycles. The Hall–Kier alpha value is -0.610. The van der Waals surface area contributed by atoms with Crippen LogP contribution in [0.5, 0.6) is 0 Å². The topological polar surface area (TPSA) is 50.4 Å². The first-order valence-corrected chi connectivity index (χ1v) is 7.63. The van der Waals surface area contributed by atoms with E-state index < -0.39 is 0 Å². The third-order valence-corrected chi connectivity index (χ3v) is 4.57. The zero-order valence-corrected chi connectivity index (χ0v) is 12.5. The maximum Gasteiger partial charge on any atom is 0.227 e. The highest BCUT2D eigenvalue weighted by Gasteiger charge is 2.35. The standard InChI is InChI=1S/C15H28N2O2/c1-4-16-13-10-19-9-12(13)14(18)17-11-5-7-15(2,3)8-6-11/h11-13,16H,4-10H2,1-3H3,(H,17,18). The van der Waals surface area contributed by atoms with Crippen molar-refractivity contribution in [3.8, 4) is 0 Å². The number of ether oxygens (including phenoxy) is 1. The molecule has 4 heteroatoms. The molecule has 0 bridgehead atoms. The fourth-order valence-electron chi connectivity index (χ4n) is 3.13. The van der Waals surface area contributed by atoms with Crippen LogP contribution in [0.3, 0.4) is 0 Å². The first-order valence-electron chi connectivity index (χ1n) is 7.63. The summed E-state index contributed by atoms with van der Waals surface area (Å²) in [5.41, 5.74) is 0.448. The van der Waals surface area contributed by atoms with E-state index in [1.165, 1.54) is 12.8 Å². The highest BCUT2D eigenvalue weighted by Crippen LogP contribution is 2.35. The molecule has 2 aliphatic rings. The summed E-state index contributed by atoms with van der Waals surface area (Å²) >= 11 is 0. The van der Waals surface area contributed by atoms with E-state index in [-0.39, 0.29) is 17.9 Å². The molecule has 1 saturated carbocycles. The molecule has 0 aromatic carbocycles. The number of rotatable bonds is 4. The van der Waals surface area contributed by atoms with Crippen molar-refractivity contribution in [3.63, 3.8) is 0 Å². The zero-order valence-electron chi connectivity index (χ0n) is 12.5. The van der Waals surface area contributed by atoms with E-state index in [2.05, 4.69) is 31.4 Å². The summed E-state index contributed by atoms with van der Waals surface area (Å²) in [4.78, 5) is 12.3. The van der Waals surface area contributed by atoms with Crippen molar-refractivity contribution in [3.05, 3.63) is 0 Å². The second-order valence-electron chi connectivity index (χ2n) is 6.76. The van der Waals surface area contributed by atoms with Crippen LogP contribution in [0.25, 0.3) is 0 Å². The van der Waals surface area contributed by atoms with Gasteiger partial charge in [-0.15, -0.1) is 0 Å². The molecule has 4 nitrogen and oxygen atoms in total. The van der Waals surface area contributed by atoms with Crippen LogP contribution in [0.2, 0.25) is 0 Å². The van der Waals surface area contributed by atoms with Gasteiger partial charge in [0.2, 0.25) is 5.91 Å². The predicted octanol–water partition coefficient (Wildman–Crippen LogP) is 1.70. The molecule has 2 N–H and O–H groups in total. The maximum absolute atomic E-state index is 12.3. The van der Waals surface area contributed by atoms with Crippen LogP contribution in [0.1, 0.15) is 46.5 Å². The van der Waals surface area contributed by atoms with Gasteiger partial charge in [0, 0.05) is 12.1 Å². The lowest BCUT2D eigenvalue weighted by molar-refractivity contribution is -0.126. The average molecular weight is 268 g/mol. The molecule has 2 atom stereocenters. The predicted molar refractivity (Wildman–Crippen MR) is 76.0 cm³/mol. The SMILES string of the molecule is CCNC1COCC1C(=O)NC1CCC(C)(C)CC1. The van der Waals surface area contributed by atoms with E-state index in [0.29, 0.717) is 24.7 Å². The second-order valence-corrected chi connectivity index (χ2v) is 6.76. The summed E-state index contributed by atoms with van der Waals surface area (Å²) < 4.78 is 5.44. The van der Waals surface area contributed by atoms with Crippen molar-refractivity contribution >= 4 is 5.91 Å². The molecule has 19 heavy (non-hydrogen) atoms. The Morgan fingerprint density at radius 1 is 1.26 bits per heavy atom. The lowest BCUT2D eigenvalue weighted by Gasteiger charge is -2.35. The van der Waals surface area contributed by atoms with Gasteiger partial charge in [0.15, 0.2) is 0 Å². The molecule has 1 amide bonds. The van der Waals surface area contributed by atoms with Gasteiger partial charge in [0.1, 0.15) is 0 Å². The van der Waals surface area contributed by atoms with Gasteiger partial charge in [-0.3, -0.25) is 4.79 Å². The molecule has 0 spiro atoms. The highest BCUT2D eigenvalue weighted by atomic mass is 16.5. The number of carbonyl (C=O) groups excluding carboxylic acids is 1. The summed E-state index contributed by atoms with van der Waals surface area (Å²) in [5.74, 6) is 0.156. The van der Waals surface area contributed by atoms with E-state index in [4.69, 9.17) is 4.74 Å². The molecule has 1 heterocycles. The van der Waals surface area contributed by atoms with Crippen LogP contribution in [0.15, 0.2) is 0 Å². The Bertz CT molecular complexity index is 307. The largest absolute Gasteiger partial charge is 0.379 e. The van der Waals surface area contributed by atoms with Crippen molar-refractivity contribution < 1.29 is 9.53 Å². The lowest BCUT2D eigenvalue weighted by atomic mass is 9.75. The summed E-state index contributed by atoms with van der Waals surface area (Å²) in [6.07, 6.45) is 4.63. The Morgan fingerprint density at radius 2 is 1.95 bits per heavy atom. The molecule has 1 aliphatic heterocycles. The quantitative estimate of drug-likeness (QED) is 0.816. The number of amides is 1. The van der Waals surface area contributed by atoms with Crippen LogP contribution >= 0.6 is 0 Å². The fraction of sp³-hybridized carbons (Fsp3) is 0.933. The van der Waals surface area contributed by atoms with E-state index >= 15 is 0 Å². The molecule has 2 unspecified atom stereocenters. The lowest BCUT2D eigenvalue weighted by Crippen LogP contribution is -2.48. The number of likely N-dealkylation sites (N-methyl/N-ethyl adjacent to an activating group) is 1. The van der Waals surface area contributed by atoms with Crippen molar-refractivity contribution in [2.24, 2.45) is 11.3 Å².